The van der Waals surface area contributed by atoms with Crippen molar-refractivity contribution < 1.29 is 0 Å². The summed E-state index contributed by atoms with van der Waals surface area (Å²) >= 11 is 3.22. The van der Waals surface area contributed by atoms with Crippen LogP contribution in [0.4, 0.5) is 0 Å². The largest absolute Gasteiger partial charge is 0.302 e. The molecule has 2 fully saturated rings. The van der Waals surface area contributed by atoms with Gasteiger partial charge in [0.2, 0.25) is 0 Å². The van der Waals surface area contributed by atoms with E-state index < -0.39 is 0 Å². The summed E-state index contributed by atoms with van der Waals surface area (Å²) in [5.74, 6) is 2.62. The highest BCUT2D eigenvalue weighted by molar-refractivity contribution is 7.99. The summed E-state index contributed by atoms with van der Waals surface area (Å²) in [6.07, 6.45) is 1.36. The molecule has 3 nitrogen and oxygen atoms in total. The standard InChI is InChI=1S/C10H15N3S2/c1-2-14-10-9(11-15-12-10)8-6-13-4-3-7(8)5-13/h7-8H,2-6H2,1H3/t7-,8+/m1/s1. The summed E-state index contributed by atoms with van der Waals surface area (Å²) < 4.78 is 8.93. The Hall–Kier alpha value is -0.130. The van der Waals surface area contributed by atoms with Crippen molar-refractivity contribution in [1.82, 2.24) is 13.6 Å². The molecule has 5 heteroatoms. The average molecular weight is 241 g/mol. The molecule has 2 saturated heterocycles. The summed E-state index contributed by atoms with van der Waals surface area (Å²) in [5.41, 5.74) is 1.29. The predicted octanol–water partition coefficient (Wildman–Crippen LogP) is 2.07. The summed E-state index contributed by atoms with van der Waals surface area (Å²) in [6, 6.07) is 0. The molecular formula is C10H15N3S2. The molecule has 0 radical (unpaired) electrons. The first-order chi connectivity index (χ1) is 7.38. The Morgan fingerprint density at radius 1 is 1.47 bits per heavy atom. The van der Waals surface area contributed by atoms with Gasteiger partial charge in [-0.25, -0.2) is 0 Å². The highest BCUT2D eigenvalue weighted by Crippen LogP contribution is 2.41. The van der Waals surface area contributed by atoms with Gasteiger partial charge in [0, 0.05) is 19.0 Å². The number of rotatable bonds is 3. The molecule has 82 valence electrons. The van der Waals surface area contributed by atoms with Crippen LogP contribution in [0.25, 0.3) is 0 Å². The molecule has 2 bridgehead atoms. The van der Waals surface area contributed by atoms with Gasteiger partial charge in [-0.2, -0.15) is 8.75 Å². The number of hydrogen-bond donors (Lipinski definition) is 0. The highest BCUT2D eigenvalue weighted by Gasteiger charge is 2.41. The van der Waals surface area contributed by atoms with Gasteiger partial charge < -0.3 is 4.90 Å². The van der Waals surface area contributed by atoms with Crippen molar-refractivity contribution in [2.75, 3.05) is 25.4 Å². The van der Waals surface area contributed by atoms with E-state index in [0.29, 0.717) is 5.92 Å². The molecule has 1 aromatic rings. The van der Waals surface area contributed by atoms with Crippen LogP contribution in [0.3, 0.4) is 0 Å². The zero-order chi connectivity index (χ0) is 10.3. The molecule has 0 aromatic carbocycles. The lowest BCUT2D eigenvalue weighted by atomic mass is 9.90. The molecule has 3 atom stereocenters. The van der Waals surface area contributed by atoms with E-state index in [9.17, 15) is 0 Å². The SMILES string of the molecule is CCSc1nsnc1[C@H]1CN2CC[C@@H]1C2. The van der Waals surface area contributed by atoms with Crippen LogP contribution < -0.4 is 0 Å². The zero-order valence-corrected chi connectivity index (χ0v) is 10.5. The van der Waals surface area contributed by atoms with Crippen LogP contribution in [0.2, 0.25) is 0 Å². The van der Waals surface area contributed by atoms with Gasteiger partial charge in [0.05, 0.1) is 17.4 Å². The van der Waals surface area contributed by atoms with Gasteiger partial charge in [0.1, 0.15) is 5.03 Å². The van der Waals surface area contributed by atoms with Gasteiger partial charge in [-0.15, -0.1) is 11.8 Å². The lowest BCUT2D eigenvalue weighted by Crippen LogP contribution is -2.22. The molecule has 3 rings (SSSR count). The number of nitrogens with zero attached hydrogens (tertiary/aromatic N) is 3. The first-order valence-electron chi connectivity index (χ1n) is 5.56. The fourth-order valence-corrected chi connectivity index (χ4v) is 4.25. The Labute approximate surface area is 98.6 Å². The van der Waals surface area contributed by atoms with Crippen LogP contribution in [-0.4, -0.2) is 39.0 Å². The second kappa shape index (κ2) is 4.03. The molecule has 0 N–H and O–H groups in total. The lowest BCUT2D eigenvalue weighted by molar-refractivity contribution is 0.342. The number of aromatic nitrogens is 2. The maximum atomic E-state index is 4.52. The van der Waals surface area contributed by atoms with Crippen LogP contribution in [0.5, 0.6) is 0 Å². The van der Waals surface area contributed by atoms with Gasteiger partial charge in [-0.05, 0) is 24.6 Å². The van der Waals surface area contributed by atoms with E-state index >= 15 is 0 Å². The van der Waals surface area contributed by atoms with Crippen molar-refractivity contribution in [3.8, 4) is 0 Å². The molecule has 0 saturated carbocycles. The third kappa shape index (κ3) is 1.70. The summed E-state index contributed by atoms with van der Waals surface area (Å²) in [7, 11) is 0. The molecule has 2 aliphatic heterocycles. The number of fused-ring (bicyclic) bond motifs is 2. The second-order valence-corrected chi connectivity index (χ2v) is 6.08. The quantitative estimate of drug-likeness (QED) is 0.758. The van der Waals surface area contributed by atoms with Crippen LogP contribution >= 0.6 is 23.5 Å². The van der Waals surface area contributed by atoms with Crippen molar-refractivity contribution >= 4 is 23.5 Å². The van der Waals surface area contributed by atoms with E-state index in [1.54, 1.807) is 0 Å². The Bertz CT molecular complexity index is 352. The van der Waals surface area contributed by atoms with Crippen LogP contribution in [0, 0.1) is 5.92 Å². The minimum Gasteiger partial charge on any atom is -0.302 e. The Kier molecular flexibility index (Phi) is 2.70. The van der Waals surface area contributed by atoms with Crippen molar-refractivity contribution in [1.29, 1.82) is 0 Å². The molecule has 2 aliphatic rings. The van der Waals surface area contributed by atoms with E-state index in [4.69, 9.17) is 0 Å². The van der Waals surface area contributed by atoms with E-state index in [1.165, 1.54) is 48.5 Å². The summed E-state index contributed by atoms with van der Waals surface area (Å²) in [5, 5.41) is 1.20. The predicted molar refractivity (Wildman–Crippen MR) is 63.6 cm³/mol. The molecular weight excluding hydrogens is 226 g/mol. The monoisotopic (exact) mass is 241 g/mol. The summed E-state index contributed by atoms with van der Waals surface area (Å²) in [6.45, 7) is 5.98. The minimum absolute atomic E-state index is 0.673. The van der Waals surface area contributed by atoms with Gasteiger partial charge in [0.25, 0.3) is 0 Å². The second-order valence-electron chi connectivity index (χ2n) is 4.30. The molecule has 0 aliphatic carbocycles. The first kappa shape index (κ1) is 10.1. The topological polar surface area (TPSA) is 29.0 Å². The van der Waals surface area contributed by atoms with Crippen molar-refractivity contribution in [3.05, 3.63) is 5.69 Å². The van der Waals surface area contributed by atoms with E-state index in [2.05, 4.69) is 20.6 Å². The maximum Gasteiger partial charge on any atom is 0.134 e. The van der Waals surface area contributed by atoms with Crippen LogP contribution in [-0.2, 0) is 0 Å². The molecule has 1 aromatic heterocycles. The third-order valence-corrected chi connectivity index (χ3v) is 4.97. The van der Waals surface area contributed by atoms with Crippen LogP contribution in [0.15, 0.2) is 5.03 Å². The molecule has 15 heavy (non-hydrogen) atoms. The number of piperidine rings is 1. The van der Waals surface area contributed by atoms with Gasteiger partial charge in [-0.3, -0.25) is 0 Å². The highest BCUT2D eigenvalue weighted by atomic mass is 32.2. The van der Waals surface area contributed by atoms with E-state index in [0.717, 1.165) is 11.7 Å². The normalized spacial score (nSPS) is 33.8. The first-order valence-corrected chi connectivity index (χ1v) is 7.27. The molecule has 0 spiro atoms. The Morgan fingerprint density at radius 2 is 2.40 bits per heavy atom. The van der Waals surface area contributed by atoms with Gasteiger partial charge >= 0.3 is 0 Å². The molecule has 1 unspecified atom stereocenters. The minimum atomic E-state index is 0.673. The average Bonchev–Trinajstić information content (AvgIpc) is 2.91. The van der Waals surface area contributed by atoms with Crippen molar-refractivity contribution in [2.24, 2.45) is 5.92 Å². The lowest BCUT2D eigenvalue weighted by Gasteiger charge is -2.20. The van der Waals surface area contributed by atoms with Crippen LogP contribution in [0.1, 0.15) is 25.0 Å². The van der Waals surface area contributed by atoms with Crippen molar-refractivity contribution in [3.63, 3.8) is 0 Å². The smallest absolute Gasteiger partial charge is 0.134 e. The third-order valence-electron chi connectivity index (χ3n) is 3.45. The van der Waals surface area contributed by atoms with E-state index in [1.807, 2.05) is 11.8 Å². The fraction of sp³-hybridized carbons (Fsp3) is 0.800. The fourth-order valence-electron chi connectivity index (χ4n) is 2.74. The zero-order valence-electron chi connectivity index (χ0n) is 8.85. The van der Waals surface area contributed by atoms with Crippen molar-refractivity contribution in [2.45, 2.75) is 24.3 Å². The van der Waals surface area contributed by atoms with E-state index in [-0.39, 0.29) is 0 Å². The number of thioether (sulfide) groups is 1. The van der Waals surface area contributed by atoms with Gasteiger partial charge in [0.15, 0.2) is 0 Å². The summed E-state index contributed by atoms with van der Waals surface area (Å²) in [4.78, 5) is 2.56. The van der Waals surface area contributed by atoms with Gasteiger partial charge in [-0.1, -0.05) is 6.92 Å². The maximum absolute atomic E-state index is 4.52. The Balaban J connectivity index is 1.83. The molecule has 3 heterocycles. The number of hydrogen-bond acceptors (Lipinski definition) is 5. The Morgan fingerprint density at radius 3 is 3.07 bits per heavy atom. The molecule has 0 amide bonds.